The Morgan fingerprint density at radius 1 is 1.67 bits per heavy atom. The van der Waals surface area contributed by atoms with Gasteiger partial charge in [0.05, 0.1) is 13.0 Å². The van der Waals surface area contributed by atoms with E-state index >= 15 is 0 Å². The van der Waals surface area contributed by atoms with Crippen molar-refractivity contribution in [3.63, 3.8) is 0 Å². The second kappa shape index (κ2) is 1.76. The first-order valence-electron chi connectivity index (χ1n) is 1.99. The second-order valence-electron chi connectivity index (χ2n) is 1.34. The van der Waals surface area contributed by atoms with Crippen LogP contribution in [0.2, 0.25) is 0 Å². The predicted molar refractivity (Wildman–Crippen MR) is 24.7 cm³/mol. The lowest BCUT2D eigenvalue weighted by atomic mass is 10.9. The SMILES string of the molecule is O=[PH]1CCOC1. The molecule has 0 N–H and O–H groups in total. The van der Waals surface area contributed by atoms with Crippen LogP contribution < -0.4 is 0 Å². The molecule has 0 amide bonds. The van der Waals surface area contributed by atoms with Crippen molar-refractivity contribution in [3.05, 3.63) is 0 Å². The average Bonchev–Trinajstić information content (AvgIpc) is 1.86. The molecule has 1 rings (SSSR count). The summed E-state index contributed by atoms with van der Waals surface area (Å²) in [6.45, 7) is 0.720. The quantitative estimate of drug-likeness (QED) is 0.421. The highest BCUT2D eigenvalue weighted by Gasteiger charge is 2.05. The van der Waals surface area contributed by atoms with Gasteiger partial charge in [-0.15, -0.1) is 0 Å². The van der Waals surface area contributed by atoms with Crippen LogP contribution in [0.5, 0.6) is 0 Å². The molecule has 1 aliphatic heterocycles. The Morgan fingerprint density at radius 3 is 2.67 bits per heavy atom. The third-order valence-corrected chi connectivity index (χ3v) is 2.08. The van der Waals surface area contributed by atoms with Crippen molar-refractivity contribution in [2.45, 2.75) is 0 Å². The molecule has 0 aromatic carbocycles. The van der Waals surface area contributed by atoms with Crippen LogP contribution in [-0.2, 0) is 9.30 Å². The first-order chi connectivity index (χ1) is 2.89. The summed E-state index contributed by atoms with van der Waals surface area (Å²) < 4.78 is 15.1. The number of ether oxygens (including phenoxy) is 1. The van der Waals surface area contributed by atoms with Crippen molar-refractivity contribution < 1.29 is 9.30 Å². The zero-order valence-corrected chi connectivity index (χ0v) is 4.44. The first-order valence-corrected chi connectivity index (χ1v) is 3.81. The molecule has 0 radical (unpaired) electrons. The van der Waals surface area contributed by atoms with E-state index in [0.717, 1.165) is 12.8 Å². The molecule has 1 unspecified atom stereocenters. The summed E-state index contributed by atoms with van der Waals surface area (Å²) in [4.78, 5) is 0. The van der Waals surface area contributed by atoms with Gasteiger partial charge < -0.3 is 9.30 Å². The van der Waals surface area contributed by atoms with Gasteiger partial charge in [0.15, 0.2) is 0 Å². The fourth-order valence-electron chi connectivity index (χ4n) is 0.444. The molecular weight excluding hydrogens is 99.0 g/mol. The van der Waals surface area contributed by atoms with Gasteiger partial charge in [0.25, 0.3) is 0 Å². The highest BCUT2D eigenvalue weighted by molar-refractivity contribution is 7.44. The van der Waals surface area contributed by atoms with Crippen LogP contribution in [0, 0.1) is 0 Å². The van der Waals surface area contributed by atoms with E-state index in [1.54, 1.807) is 0 Å². The van der Waals surface area contributed by atoms with Crippen LogP contribution in [0.3, 0.4) is 0 Å². The van der Waals surface area contributed by atoms with Gasteiger partial charge in [-0.2, -0.15) is 0 Å². The number of rotatable bonds is 0. The molecule has 0 aromatic rings. The van der Waals surface area contributed by atoms with Crippen LogP contribution >= 0.6 is 7.80 Å². The Balaban J connectivity index is 2.37. The number of hydrogen-bond acceptors (Lipinski definition) is 2. The van der Waals surface area contributed by atoms with Gasteiger partial charge in [-0.25, -0.2) is 0 Å². The summed E-state index contributed by atoms with van der Waals surface area (Å²) in [6.07, 6.45) is 1.34. The summed E-state index contributed by atoms with van der Waals surface area (Å²) in [5.41, 5.74) is 0. The molecule has 0 saturated carbocycles. The Bertz CT molecular complexity index is 63.2. The normalized spacial score (nSPS) is 34.3. The summed E-state index contributed by atoms with van der Waals surface area (Å²) in [5.74, 6) is 0. The topological polar surface area (TPSA) is 26.3 Å². The van der Waals surface area contributed by atoms with Gasteiger partial charge in [0.2, 0.25) is 0 Å². The van der Waals surface area contributed by atoms with Crippen molar-refractivity contribution in [1.82, 2.24) is 0 Å². The van der Waals surface area contributed by atoms with Gasteiger partial charge in [0.1, 0.15) is 7.80 Å². The monoisotopic (exact) mass is 106 g/mol. The number of hydrogen-bond donors (Lipinski definition) is 0. The fraction of sp³-hybridized carbons (Fsp3) is 1.00. The molecule has 1 atom stereocenters. The van der Waals surface area contributed by atoms with Crippen molar-refractivity contribution in [2.75, 3.05) is 19.1 Å². The molecule has 1 aliphatic rings. The molecular formula is C3H7O2P. The first kappa shape index (κ1) is 4.35. The van der Waals surface area contributed by atoms with Crippen LogP contribution in [0.4, 0.5) is 0 Å². The molecule has 0 aromatic heterocycles. The van der Waals surface area contributed by atoms with Crippen LogP contribution in [0.1, 0.15) is 0 Å². The fourth-order valence-corrected chi connectivity index (χ4v) is 1.33. The van der Waals surface area contributed by atoms with E-state index in [9.17, 15) is 4.57 Å². The minimum Gasteiger partial charge on any atom is -0.374 e. The summed E-state index contributed by atoms with van der Waals surface area (Å²) in [5, 5.41) is 0. The maximum Gasteiger partial charge on any atom is 0.103 e. The standard InChI is InChI=1S/C3H7O2P/c4-6-2-1-5-3-6/h6H,1-3H2. The van der Waals surface area contributed by atoms with Crippen molar-refractivity contribution >= 4 is 7.80 Å². The van der Waals surface area contributed by atoms with Crippen molar-refractivity contribution in [2.24, 2.45) is 0 Å². The summed E-state index contributed by atoms with van der Waals surface area (Å²) in [7, 11) is -1.23. The van der Waals surface area contributed by atoms with E-state index < -0.39 is 7.80 Å². The smallest absolute Gasteiger partial charge is 0.103 e. The van der Waals surface area contributed by atoms with Gasteiger partial charge in [-0.05, 0) is 0 Å². The average molecular weight is 106 g/mol. The molecule has 1 saturated heterocycles. The molecule has 0 spiro atoms. The minimum atomic E-state index is -1.23. The Hall–Kier alpha value is 0.190. The predicted octanol–water partition coefficient (Wildman–Crippen LogP) is 0.534. The van der Waals surface area contributed by atoms with Crippen LogP contribution in [0.25, 0.3) is 0 Å². The van der Waals surface area contributed by atoms with E-state index in [1.165, 1.54) is 0 Å². The van der Waals surface area contributed by atoms with Crippen LogP contribution in [-0.4, -0.2) is 19.1 Å². The van der Waals surface area contributed by atoms with Gasteiger partial charge in [-0.1, -0.05) is 0 Å². The third kappa shape index (κ3) is 0.825. The lowest BCUT2D eigenvalue weighted by Gasteiger charge is -1.76. The molecule has 1 heterocycles. The molecule has 1 fully saturated rings. The zero-order chi connectivity index (χ0) is 4.41. The molecule has 3 heteroatoms. The molecule has 0 bridgehead atoms. The van der Waals surface area contributed by atoms with E-state index in [4.69, 9.17) is 4.74 Å². The van der Waals surface area contributed by atoms with E-state index in [2.05, 4.69) is 0 Å². The van der Waals surface area contributed by atoms with Gasteiger partial charge >= 0.3 is 0 Å². The molecule has 6 heavy (non-hydrogen) atoms. The molecule has 2 nitrogen and oxygen atoms in total. The zero-order valence-electron chi connectivity index (χ0n) is 3.44. The van der Waals surface area contributed by atoms with E-state index in [-0.39, 0.29) is 0 Å². The largest absolute Gasteiger partial charge is 0.374 e. The third-order valence-electron chi connectivity index (χ3n) is 0.788. The molecule has 0 aliphatic carbocycles. The Labute approximate surface area is 37.3 Å². The summed E-state index contributed by atoms with van der Waals surface area (Å²) >= 11 is 0. The summed E-state index contributed by atoms with van der Waals surface area (Å²) in [6, 6.07) is 0. The Morgan fingerprint density at radius 2 is 2.50 bits per heavy atom. The minimum absolute atomic E-state index is 0.532. The second-order valence-corrected chi connectivity index (χ2v) is 3.21. The van der Waals surface area contributed by atoms with Crippen molar-refractivity contribution in [1.29, 1.82) is 0 Å². The van der Waals surface area contributed by atoms with Gasteiger partial charge in [0, 0.05) is 6.16 Å². The van der Waals surface area contributed by atoms with Crippen molar-refractivity contribution in [3.8, 4) is 0 Å². The highest BCUT2D eigenvalue weighted by Crippen LogP contribution is 2.24. The van der Waals surface area contributed by atoms with E-state index in [1.807, 2.05) is 0 Å². The Kier molecular flexibility index (Phi) is 1.28. The van der Waals surface area contributed by atoms with Crippen LogP contribution in [0.15, 0.2) is 0 Å². The highest BCUT2D eigenvalue weighted by atomic mass is 31.1. The maximum atomic E-state index is 10.3. The van der Waals surface area contributed by atoms with E-state index in [0.29, 0.717) is 6.35 Å². The van der Waals surface area contributed by atoms with Gasteiger partial charge in [-0.3, -0.25) is 0 Å². The molecule has 36 valence electrons. The maximum absolute atomic E-state index is 10.3. The lowest BCUT2D eigenvalue weighted by Crippen LogP contribution is -1.78. The lowest BCUT2D eigenvalue weighted by molar-refractivity contribution is 0.216.